The third kappa shape index (κ3) is 3.67. The molecule has 0 amide bonds. The molecule has 2 heterocycles. The van der Waals surface area contributed by atoms with Crippen LogP contribution in [0.1, 0.15) is 25.0 Å². The fourth-order valence-electron chi connectivity index (χ4n) is 7.78. The zero-order chi connectivity index (χ0) is 30.6. The third-order valence-electron chi connectivity index (χ3n) is 10.0. The van der Waals surface area contributed by atoms with Crippen LogP contribution in [0.4, 0.5) is 17.1 Å². The van der Waals surface area contributed by atoms with Crippen molar-refractivity contribution in [2.45, 2.75) is 19.3 Å². The summed E-state index contributed by atoms with van der Waals surface area (Å²) in [4.78, 5) is 2.46. The lowest BCUT2D eigenvalue weighted by Gasteiger charge is -2.27. The average molecular weight is 624 g/mol. The molecule has 0 saturated heterocycles. The molecular weight excluding hydrogens is 595 g/mol. The van der Waals surface area contributed by atoms with Gasteiger partial charge in [0.1, 0.15) is 0 Å². The van der Waals surface area contributed by atoms with Gasteiger partial charge in [0.25, 0.3) is 0 Å². The third-order valence-corrected chi connectivity index (χ3v) is 12.4. The zero-order valence-corrected chi connectivity index (χ0v) is 27.2. The van der Waals surface area contributed by atoms with Crippen molar-refractivity contribution in [2.24, 2.45) is 0 Å². The Labute approximate surface area is 275 Å². The van der Waals surface area contributed by atoms with E-state index in [9.17, 15) is 0 Å². The number of anilines is 3. The molecule has 10 rings (SSSR count). The maximum atomic E-state index is 2.46. The first kappa shape index (κ1) is 26.3. The second-order valence-corrected chi connectivity index (χ2v) is 15.1. The predicted octanol–water partition coefficient (Wildman–Crippen LogP) is 13.4. The van der Waals surface area contributed by atoms with Crippen LogP contribution in [0.2, 0.25) is 0 Å². The molecule has 0 saturated carbocycles. The number of fused-ring (bicyclic) bond motifs is 11. The number of hydrogen-bond donors (Lipinski definition) is 0. The molecule has 0 fully saturated rings. The van der Waals surface area contributed by atoms with E-state index in [1.807, 2.05) is 22.7 Å². The van der Waals surface area contributed by atoms with Gasteiger partial charge in [0, 0.05) is 68.2 Å². The molecule has 7 aromatic carbocycles. The maximum absolute atomic E-state index is 2.46. The van der Waals surface area contributed by atoms with Gasteiger partial charge in [-0.3, -0.25) is 0 Å². The molecule has 0 atom stereocenters. The molecule has 218 valence electrons. The molecule has 0 aliphatic heterocycles. The quantitative estimate of drug-likeness (QED) is 0.189. The van der Waals surface area contributed by atoms with Crippen molar-refractivity contribution in [3.63, 3.8) is 0 Å². The summed E-state index contributed by atoms with van der Waals surface area (Å²) in [5.74, 6) is 0. The van der Waals surface area contributed by atoms with Crippen LogP contribution in [0.5, 0.6) is 0 Å². The first-order valence-corrected chi connectivity index (χ1v) is 17.5. The van der Waals surface area contributed by atoms with Gasteiger partial charge in [-0.25, -0.2) is 0 Å². The second kappa shape index (κ2) is 9.53. The standard InChI is InChI=1S/C43H29NS2/c1-43(2)37-12-6-3-9-30(37)35-24-28(18-21-38(35)43)44(29-19-22-41-36(25-29)32-11-5-7-13-39(32)45-41)27-17-15-26-16-20-33-31-10-4-8-14-40(31)46-42(33)34(26)23-27/h3-25H,1-2H3. The van der Waals surface area contributed by atoms with Gasteiger partial charge in [0.05, 0.1) is 0 Å². The van der Waals surface area contributed by atoms with Gasteiger partial charge in [-0.2, -0.15) is 0 Å². The van der Waals surface area contributed by atoms with Crippen molar-refractivity contribution in [1.82, 2.24) is 0 Å². The summed E-state index contributed by atoms with van der Waals surface area (Å²) < 4.78 is 5.34. The molecule has 46 heavy (non-hydrogen) atoms. The highest BCUT2D eigenvalue weighted by Gasteiger charge is 2.35. The number of nitrogens with zero attached hydrogens (tertiary/aromatic N) is 1. The fourth-order valence-corrected chi connectivity index (χ4v) is 10.1. The fraction of sp³-hybridized carbons (Fsp3) is 0.0698. The summed E-state index contributed by atoms with van der Waals surface area (Å²) >= 11 is 3.77. The van der Waals surface area contributed by atoms with E-state index >= 15 is 0 Å². The van der Waals surface area contributed by atoms with E-state index in [1.165, 1.54) is 90.4 Å². The predicted molar refractivity (Wildman–Crippen MR) is 202 cm³/mol. The minimum absolute atomic E-state index is 0.0283. The first-order valence-electron chi connectivity index (χ1n) is 15.8. The summed E-state index contributed by atoms with van der Waals surface area (Å²) in [5.41, 5.74) is 8.95. The average Bonchev–Trinajstić information content (AvgIpc) is 3.73. The number of thiophene rings is 2. The normalized spacial score (nSPS) is 13.6. The van der Waals surface area contributed by atoms with Gasteiger partial charge >= 0.3 is 0 Å². The largest absolute Gasteiger partial charge is 0.310 e. The minimum Gasteiger partial charge on any atom is -0.310 e. The lowest BCUT2D eigenvalue weighted by Crippen LogP contribution is -2.15. The van der Waals surface area contributed by atoms with Gasteiger partial charge in [-0.1, -0.05) is 98.8 Å². The highest BCUT2D eigenvalue weighted by Crippen LogP contribution is 2.51. The molecule has 3 heteroatoms. The van der Waals surface area contributed by atoms with E-state index < -0.39 is 0 Å². The summed E-state index contributed by atoms with van der Waals surface area (Å²) in [6.07, 6.45) is 0. The zero-order valence-electron chi connectivity index (χ0n) is 25.5. The maximum Gasteiger partial charge on any atom is 0.0468 e. The van der Waals surface area contributed by atoms with Crippen LogP contribution in [-0.2, 0) is 5.41 Å². The van der Waals surface area contributed by atoms with Gasteiger partial charge in [0.15, 0.2) is 0 Å². The van der Waals surface area contributed by atoms with Crippen molar-refractivity contribution in [2.75, 3.05) is 4.90 Å². The van der Waals surface area contributed by atoms with Crippen molar-refractivity contribution in [3.8, 4) is 11.1 Å². The van der Waals surface area contributed by atoms with Crippen LogP contribution in [0.25, 0.3) is 62.2 Å². The SMILES string of the molecule is CC1(C)c2ccccc2-c2cc(N(c3ccc4sc5ccccc5c4c3)c3ccc4ccc5c6ccccc6sc5c4c3)ccc21. The smallest absolute Gasteiger partial charge is 0.0468 e. The number of benzene rings is 7. The highest BCUT2D eigenvalue weighted by molar-refractivity contribution is 7.26. The Morgan fingerprint density at radius 1 is 0.435 bits per heavy atom. The Morgan fingerprint density at radius 3 is 1.87 bits per heavy atom. The van der Waals surface area contributed by atoms with E-state index in [4.69, 9.17) is 0 Å². The van der Waals surface area contributed by atoms with E-state index in [-0.39, 0.29) is 5.41 Å². The summed E-state index contributed by atoms with van der Waals surface area (Å²) in [7, 11) is 0. The Bertz CT molecular complexity index is 2690. The van der Waals surface area contributed by atoms with Crippen LogP contribution in [-0.4, -0.2) is 0 Å². The Morgan fingerprint density at radius 2 is 1.02 bits per heavy atom. The van der Waals surface area contributed by atoms with Gasteiger partial charge in [-0.05, 0) is 82.2 Å². The van der Waals surface area contributed by atoms with E-state index in [0.717, 1.165) is 0 Å². The van der Waals surface area contributed by atoms with E-state index in [2.05, 4.69) is 158 Å². The molecule has 1 aliphatic rings. The molecule has 0 N–H and O–H groups in total. The topological polar surface area (TPSA) is 3.24 Å². The number of rotatable bonds is 3. The summed E-state index contributed by atoms with van der Waals surface area (Å²) in [6.45, 7) is 4.70. The van der Waals surface area contributed by atoms with Crippen LogP contribution in [0.3, 0.4) is 0 Å². The molecule has 2 aromatic heterocycles. The molecule has 9 aromatic rings. The molecular formula is C43H29NS2. The highest BCUT2D eigenvalue weighted by atomic mass is 32.1. The van der Waals surface area contributed by atoms with E-state index in [0.29, 0.717) is 0 Å². The van der Waals surface area contributed by atoms with Crippen LogP contribution in [0, 0.1) is 0 Å². The van der Waals surface area contributed by atoms with Crippen LogP contribution in [0.15, 0.2) is 140 Å². The molecule has 1 nitrogen and oxygen atoms in total. The van der Waals surface area contributed by atoms with E-state index in [1.54, 1.807) is 0 Å². The van der Waals surface area contributed by atoms with Gasteiger partial charge in [0.2, 0.25) is 0 Å². The molecule has 0 bridgehead atoms. The molecule has 0 radical (unpaired) electrons. The van der Waals surface area contributed by atoms with Crippen molar-refractivity contribution >= 4 is 90.9 Å². The second-order valence-electron chi connectivity index (χ2n) is 13.0. The van der Waals surface area contributed by atoms with Crippen LogP contribution >= 0.6 is 22.7 Å². The Kier molecular flexibility index (Phi) is 5.44. The van der Waals surface area contributed by atoms with Gasteiger partial charge < -0.3 is 4.90 Å². The first-order chi connectivity index (χ1) is 22.5. The lowest BCUT2D eigenvalue weighted by molar-refractivity contribution is 0.660. The van der Waals surface area contributed by atoms with Gasteiger partial charge in [-0.15, -0.1) is 22.7 Å². The summed E-state index contributed by atoms with van der Waals surface area (Å²) in [6, 6.07) is 52.2. The summed E-state index contributed by atoms with van der Waals surface area (Å²) in [5, 5.41) is 7.87. The Hall–Kier alpha value is -4.96. The number of hydrogen-bond acceptors (Lipinski definition) is 3. The monoisotopic (exact) mass is 623 g/mol. The van der Waals surface area contributed by atoms with Crippen molar-refractivity contribution in [1.29, 1.82) is 0 Å². The van der Waals surface area contributed by atoms with Crippen LogP contribution < -0.4 is 4.90 Å². The molecule has 0 spiro atoms. The minimum atomic E-state index is -0.0283. The molecule has 0 unspecified atom stereocenters. The Balaban J connectivity index is 1.24. The van der Waals surface area contributed by atoms with Crippen molar-refractivity contribution < 1.29 is 0 Å². The van der Waals surface area contributed by atoms with Crippen molar-refractivity contribution in [3.05, 3.63) is 151 Å². The lowest BCUT2D eigenvalue weighted by atomic mass is 9.82. The molecule has 1 aliphatic carbocycles.